The van der Waals surface area contributed by atoms with E-state index < -0.39 is 0 Å². The molecule has 0 spiro atoms. The van der Waals surface area contributed by atoms with Gasteiger partial charge in [0.25, 0.3) is 0 Å². The second-order valence-corrected chi connectivity index (χ2v) is 5.68. The zero-order chi connectivity index (χ0) is 15.5. The van der Waals surface area contributed by atoms with E-state index in [-0.39, 0.29) is 0 Å². The number of aromatic nitrogens is 2. The van der Waals surface area contributed by atoms with Crippen molar-refractivity contribution in [1.29, 1.82) is 0 Å². The van der Waals surface area contributed by atoms with Crippen LogP contribution in [0.1, 0.15) is 17.0 Å². The van der Waals surface area contributed by atoms with Crippen LogP contribution in [0.2, 0.25) is 10.0 Å². The molecule has 1 N–H and O–H groups in total. The Morgan fingerprint density at radius 1 is 1.00 bits per heavy atom. The second-order valence-electron chi connectivity index (χ2n) is 4.87. The summed E-state index contributed by atoms with van der Waals surface area (Å²) in [7, 11) is 0. The average Bonchev–Trinajstić information content (AvgIpc) is 2.93. The van der Waals surface area contributed by atoms with E-state index >= 15 is 0 Å². The van der Waals surface area contributed by atoms with Crippen LogP contribution >= 0.6 is 23.2 Å². The summed E-state index contributed by atoms with van der Waals surface area (Å²) < 4.78 is 5.58. The fourth-order valence-electron chi connectivity index (χ4n) is 1.99. The first-order chi connectivity index (χ1) is 10.6. The van der Waals surface area contributed by atoms with Crippen molar-refractivity contribution >= 4 is 34.9 Å². The van der Waals surface area contributed by atoms with Crippen LogP contribution < -0.4 is 5.32 Å². The highest BCUT2D eigenvalue weighted by atomic mass is 35.5. The standard InChI is InChI=1S/C16H13Cl2N3O/c1-10-5-7-11(8-6-10)19-16-21-20-15(22-16)9-12-13(17)3-2-4-14(12)18/h2-8H,9H2,1H3,(H,19,21). The third kappa shape index (κ3) is 3.40. The molecular formula is C16H13Cl2N3O. The Morgan fingerprint density at radius 2 is 1.68 bits per heavy atom. The fourth-order valence-corrected chi connectivity index (χ4v) is 2.52. The van der Waals surface area contributed by atoms with Gasteiger partial charge in [-0.2, -0.15) is 0 Å². The van der Waals surface area contributed by atoms with Gasteiger partial charge in [-0.15, -0.1) is 5.10 Å². The normalized spacial score (nSPS) is 10.7. The van der Waals surface area contributed by atoms with Gasteiger partial charge in [0.15, 0.2) is 0 Å². The lowest BCUT2D eigenvalue weighted by Crippen LogP contribution is -1.91. The Morgan fingerprint density at radius 3 is 2.36 bits per heavy atom. The minimum Gasteiger partial charge on any atom is -0.408 e. The molecule has 1 aromatic heterocycles. The number of hydrogen-bond acceptors (Lipinski definition) is 4. The summed E-state index contributed by atoms with van der Waals surface area (Å²) in [6.45, 7) is 2.03. The van der Waals surface area contributed by atoms with Gasteiger partial charge in [0, 0.05) is 15.7 Å². The lowest BCUT2D eigenvalue weighted by Gasteiger charge is -2.03. The minimum absolute atomic E-state index is 0.335. The van der Waals surface area contributed by atoms with Crippen molar-refractivity contribution in [2.75, 3.05) is 5.32 Å². The maximum absolute atomic E-state index is 6.14. The molecule has 0 aliphatic heterocycles. The third-order valence-electron chi connectivity index (χ3n) is 3.16. The Labute approximate surface area is 138 Å². The van der Waals surface area contributed by atoms with Crippen LogP contribution in [-0.4, -0.2) is 10.2 Å². The highest BCUT2D eigenvalue weighted by molar-refractivity contribution is 6.36. The van der Waals surface area contributed by atoms with Crippen molar-refractivity contribution in [1.82, 2.24) is 10.2 Å². The Bertz CT molecular complexity index is 764. The van der Waals surface area contributed by atoms with Gasteiger partial charge >= 0.3 is 6.01 Å². The van der Waals surface area contributed by atoms with Gasteiger partial charge in [0.2, 0.25) is 5.89 Å². The quantitative estimate of drug-likeness (QED) is 0.728. The topological polar surface area (TPSA) is 51.0 Å². The molecule has 1 heterocycles. The number of anilines is 2. The van der Waals surface area contributed by atoms with E-state index in [0.717, 1.165) is 11.3 Å². The van der Waals surface area contributed by atoms with Gasteiger partial charge < -0.3 is 9.73 Å². The molecule has 0 aliphatic rings. The molecule has 0 saturated heterocycles. The molecule has 4 nitrogen and oxygen atoms in total. The van der Waals surface area contributed by atoms with Crippen LogP contribution in [0.4, 0.5) is 11.7 Å². The predicted molar refractivity (Wildman–Crippen MR) is 88.0 cm³/mol. The van der Waals surface area contributed by atoms with Crippen LogP contribution in [0.5, 0.6) is 0 Å². The van der Waals surface area contributed by atoms with E-state index in [1.165, 1.54) is 5.56 Å². The number of nitrogens with zero attached hydrogens (tertiary/aromatic N) is 2. The van der Waals surface area contributed by atoms with Crippen LogP contribution in [0.3, 0.4) is 0 Å². The molecule has 0 saturated carbocycles. The summed E-state index contributed by atoms with van der Waals surface area (Å²) in [6.07, 6.45) is 0.390. The summed E-state index contributed by atoms with van der Waals surface area (Å²) in [5, 5.41) is 12.2. The molecule has 2 aromatic carbocycles. The van der Waals surface area contributed by atoms with Gasteiger partial charge in [-0.3, -0.25) is 0 Å². The van der Waals surface area contributed by atoms with Crippen molar-refractivity contribution in [2.24, 2.45) is 0 Å². The van der Waals surface area contributed by atoms with Crippen molar-refractivity contribution in [3.05, 3.63) is 69.5 Å². The highest BCUT2D eigenvalue weighted by Crippen LogP contribution is 2.27. The van der Waals surface area contributed by atoms with E-state index in [1.54, 1.807) is 18.2 Å². The van der Waals surface area contributed by atoms with E-state index in [0.29, 0.717) is 28.4 Å². The monoisotopic (exact) mass is 333 g/mol. The molecule has 0 unspecified atom stereocenters. The first-order valence-electron chi connectivity index (χ1n) is 6.71. The Kier molecular flexibility index (Phi) is 4.32. The van der Waals surface area contributed by atoms with E-state index in [1.807, 2.05) is 31.2 Å². The van der Waals surface area contributed by atoms with Crippen molar-refractivity contribution in [2.45, 2.75) is 13.3 Å². The van der Waals surface area contributed by atoms with Crippen molar-refractivity contribution in [3.8, 4) is 0 Å². The number of nitrogens with one attached hydrogen (secondary N) is 1. The van der Waals surface area contributed by atoms with E-state index in [2.05, 4.69) is 15.5 Å². The van der Waals surface area contributed by atoms with Gasteiger partial charge in [0.05, 0.1) is 6.42 Å². The zero-order valence-electron chi connectivity index (χ0n) is 11.8. The molecule has 0 atom stereocenters. The molecule has 0 radical (unpaired) electrons. The third-order valence-corrected chi connectivity index (χ3v) is 3.87. The predicted octanol–water partition coefficient (Wildman–Crippen LogP) is 5.02. The van der Waals surface area contributed by atoms with Gasteiger partial charge in [-0.1, -0.05) is 52.1 Å². The molecule has 0 fully saturated rings. The van der Waals surface area contributed by atoms with Gasteiger partial charge in [-0.25, -0.2) is 0 Å². The molecule has 22 heavy (non-hydrogen) atoms. The summed E-state index contributed by atoms with van der Waals surface area (Å²) in [5.41, 5.74) is 2.85. The number of rotatable bonds is 4. The van der Waals surface area contributed by atoms with E-state index in [4.69, 9.17) is 27.6 Å². The summed E-state index contributed by atoms with van der Waals surface area (Å²) in [6, 6.07) is 13.6. The molecule has 0 bridgehead atoms. The second kappa shape index (κ2) is 6.38. The van der Waals surface area contributed by atoms with Crippen LogP contribution in [0, 0.1) is 6.92 Å². The van der Waals surface area contributed by atoms with Gasteiger partial charge in [-0.05, 0) is 36.8 Å². The van der Waals surface area contributed by atoms with Crippen molar-refractivity contribution < 1.29 is 4.42 Å². The zero-order valence-corrected chi connectivity index (χ0v) is 13.3. The molecule has 6 heteroatoms. The summed E-state index contributed by atoms with van der Waals surface area (Å²) in [5.74, 6) is 0.449. The molecule has 112 valence electrons. The first-order valence-corrected chi connectivity index (χ1v) is 7.46. The molecule has 0 aliphatic carbocycles. The maximum atomic E-state index is 6.14. The number of halogens is 2. The van der Waals surface area contributed by atoms with Crippen LogP contribution in [0.25, 0.3) is 0 Å². The Hall–Kier alpha value is -2.04. The molecular weight excluding hydrogens is 321 g/mol. The molecule has 3 aromatic rings. The van der Waals surface area contributed by atoms with Crippen LogP contribution in [-0.2, 0) is 6.42 Å². The molecule has 0 amide bonds. The SMILES string of the molecule is Cc1ccc(Nc2nnc(Cc3c(Cl)cccc3Cl)o2)cc1. The lowest BCUT2D eigenvalue weighted by atomic mass is 10.1. The first kappa shape index (κ1) is 14.9. The fraction of sp³-hybridized carbons (Fsp3) is 0.125. The number of hydrogen-bond donors (Lipinski definition) is 1. The number of benzene rings is 2. The van der Waals surface area contributed by atoms with Crippen molar-refractivity contribution in [3.63, 3.8) is 0 Å². The largest absolute Gasteiger partial charge is 0.408 e. The molecule has 3 rings (SSSR count). The summed E-state index contributed by atoms with van der Waals surface area (Å²) >= 11 is 12.3. The average molecular weight is 334 g/mol. The van der Waals surface area contributed by atoms with Crippen LogP contribution in [0.15, 0.2) is 46.9 Å². The highest BCUT2D eigenvalue weighted by Gasteiger charge is 2.12. The van der Waals surface area contributed by atoms with Gasteiger partial charge in [0.1, 0.15) is 0 Å². The summed E-state index contributed by atoms with van der Waals surface area (Å²) in [4.78, 5) is 0. The smallest absolute Gasteiger partial charge is 0.320 e. The van der Waals surface area contributed by atoms with E-state index in [9.17, 15) is 0 Å². The lowest BCUT2D eigenvalue weighted by molar-refractivity contribution is 0.521. The number of aryl methyl sites for hydroxylation is 1. The Balaban J connectivity index is 1.75. The minimum atomic E-state index is 0.335. The maximum Gasteiger partial charge on any atom is 0.320 e.